The highest BCUT2D eigenvalue weighted by Gasteiger charge is 2.30. The van der Waals surface area contributed by atoms with Crippen LogP contribution in [0.3, 0.4) is 0 Å². The van der Waals surface area contributed by atoms with E-state index in [1.165, 1.54) is 18.2 Å². The molecular weight excluding hydrogens is 220 g/mol. The van der Waals surface area contributed by atoms with Gasteiger partial charge >= 0.3 is 0 Å². The lowest BCUT2D eigenvalue weighted by Crippen LogP contribution is -2.34. The fraction of sp³-hybridized carbons (Fsp3) is 0.571. The first-order valence-corrected chi connectivity index (χ1v) is 6.05. The molecule has 3 heteroatoms. The minimum Gasteiger partial charge on any atom is -0.309 e. The van der Waals surface area contributed by atoms with Gasteiger partial charge in [-0.25, -0.2) is 8.78 Å². The Balaban J connectivity index is 3.13. The maximum atomic E-state index is 13.8. The lowest BCUT2D eigenvalue weighted by atomic mass is 9.82. The smallest absolute Gasteiger partial charge is 0.130 e. The zero-order valence-electron chi connectivity index (χ0n) is 11.0. The van der Waals surface area contributed by atoms with Gasteiger partial charge in [-0.05, 0) is 30.5 Å². The summed E-state index contributed by atoms with van der Waals surface area (Å²) in [6.45, 7) is 8.71. The van der Waals surface area contributed by atoms with E-state index in [1.807, 2.05) is 27.7 Å². The molecule has 0 amide bonds. The molecule has 0 aliphatic rings. The van der Waals surface area contributed by atoms with Crippen molar-refractivity contribution in [3.63, 3.8) is 0 Å². The van der Waals surface area contributed by atoms with Crippen molar-refractivity contribution in [3.8, 4) is 0 Å². The molecule has 0 aromatic heterocycles. The molecule has 1 unspecified atom stereocenters. The van der Waals surface area contributed by atoms with E-state index in [4.69, 9.17) is 0 Å². The van der Waals surface area contributed by atoms with Gasteiger partial charge in [0.2, 0.25) is 0 Å². The second-order valence-corrected chi connectivity index (χ2v) is 5.39. The maximum absolute atomic E-state index is 13.8. The fourth-order valence-electron chi connectivity index (χ4n) is 1.92. The minimum absolute atomic E-state index is 0.147. The second kappa shape index (κ2) is 5.58. The van der Waals surface area contributed by atoms with Gasteiger partial charge in [-0.1, -0.05) is 33.8 Å². The van der Waals surface area contributed by atoms with Crippen LogP contribution < -0.4 is 5.32 Å². The van der Waals surface area contributed by atoms with E-state index in [0.29, 0.717) is 0 Å². The normalized spacial score (nSPS) is 13.8. The summed E-state index contributed by atoms with van der Waals surface area (Å²) in [5.74, 6) is -0.956. The Morgan fingerprint density at radius 2 is 1.71 bits per heavy atom. The van der Waals surface area contributed by atoms with E-state index in [1.54, 1.807) is 0 Å². The number of halogens is 2. The molecule has 0 heterocycles. The molecule has 0 saturated heterocycles. The van der Waals surface area contributed by atoms with Crippen LogP contribution in [-0.4, -0.2) is 6.54 Å². The van der Waals surface area contributed by atoms with Crippen LogP contribution in [0.5, 0.6) is 0 Å². The van der Waals surface area contributed by atoms with Crippen molar-refractivity contribution in [1.82, 2.24) is 5.32 Å². The van der Waals surface area contributed by atoms with Crippen molar-refractivity contribution in [1.29, 1.82) is 0 Å². The summed E-state index contributed by atoms with van der Waals surface area (Å²) in [7, 11) is 0. The molecule has 1 rings (SSSR count). The average molecular weight is 241 g/mol. The molecule has 0 bridgehead atoms. The molecule has 17 heavy (non-hydrogen) atoms. The fourth-order valence-corrected chi connectivity index (χ4v) is 1.92. The molecule has 96 valence electrons. The number of hydrogen-bond acceptors (Lipinski definition) is 1. The maximum Gasteiger partial charge on any atom is 0.130 e. The van der Waals surface area contributed by atoms with Crippen LogP contribution in [0.1, 0.15) is 45.7 Å². The van der Waals surface area contributed by atoms with Crippen molar-refractivity contribution in [2.75, 3.05) is 6.54 Å². The third kappa shape index (κ3) is 3.50. The third-order valence-corrected chi connectivity index (χ3v) is 2.75. The van der Waals surface area contributed by atoms with E-state index in [2.05, 4.69) is 5.32 Å². The van der Waals surface area contributed by atoms with Crippen molar-refractivity contribution in [2.45, 2.75) is 40.2 Å². The molecule has 1 aromatic rings. The Morgan fingerprint density at radius 3 is 2.12 bits per heavy atom. The van der Waals surface area contributed by atoms with Gasteiger partial charge in [0.15, 0.2) is 0 Å². The van der Waals surface area contributed by atoms with Crippen LogP contribution in [0, 0.1) is 17.0 Å². The van der Waals surface area contributed by atoms with Crippen LogP contribution >= 0.6 is 0 Å². The van der Waals surface area contributed by atoms with Crippen LogP contribution in [0.4, 0.5) is 8.78 Å². The number of hydrogen-bond donors (Lipinski definition) is 1. The monoisotopic (exact) mass is 241 g/mol. The highest BCUT2D eigenvalue weighted by molar-refractivity contribution is 5.25. The van der Waals surface area contributed by atoms with Crippen molar-refractivity contribution in [2.24, 2.45) is 5.41 Å². The van der Waals surface area contributed by atoms with Gasteiger partial charge in [-0.3, -0.25) is 0 Å². The molecule has 1 aromatic carbocycles. The first-order valence-electron chi connectivity index (χ1n) is 6.05. The topological polar surface area (TPSA) is 12.0 Å². The first kappa shape index (κ1) is 14.1. The van der Waals surface area contributed by atoms with E-state index in [0.717, 1.165) is 13.0 Å². The molecular formula is C14H21F2N. The molecule has 1 N–H and O–H groups in total. The lowest BCUT2D eigenvalue weighted by molar-refractivity contribution is 0.259. The van der Waals surface area contributed by atoms with Crippen molar-refractivity contribution < 1.29 is 8.78 Å². The molecule has 1 atom stereocenters. The molecule has 1 nitrogen and oxygen atoms in total. The largest absolute Gasteiger partial charge is 0.309 e. The quantitative estimate of drug-likeness (QED) is 0.838. The average Bonchev–Trinajstić information content (AvgIpc) is 2.20. The molecule has 0 aliphatic carbocycles. The zero-order chi connectivity index (χ0) is 13.1. The summed E-state index contributed by atoms with van der Waals surface area (Å²) in [5.41, 5.74) is -0.0912. The third-order valence-electron chi connectivity index (χ3n) is 2.75. The van der Waals surface area contributed by atoms with Crippen LogP contribution in [0.25, 0.3) is 0 Å². The molecule has 0 aliphatic heterocycles. The zero-order valence-corrected chi connectivity index (χ0v) is 11.0. The molecule has 0 fully saturated rings. The summed E-state index contributed by atoms with van der Waals surface area (Å²) in [5, 5.41) is 3.23. The Kier molecular flexibility index (Phi) is 4.63. The summed E-state index contributed by atoms with van der Waals surface area (Å²) < 4.78 is 27.6. The number of rotatable bonds is 4. The van der Waals surface area contributed by atoms with Gasteiger partial charge in [0.25, 0.3) is 0 Å². The predicted octanol–water partition coefficient (Wildman–Crippen LogP) is 4.05. The van der Waals surface area contributed by atoms with Gasteiger partial charge in [0.05, 0.1) is 0 Å². The first-order chi connectivity index (χ1) is 7.88. The Labute approximate surface area is 102 Å². The Morgan fingerprint density at radius 1 is 1.18 bits per heavy atom. The van der Waals surface area contributed by atoms with Gasteiger partial charge in [0.1, 0.15) is 11.6 Å². The summed E-state index contributed by atoms with van der Waals surface area (Å²) in [4.78, 5) is 0. The van der Waals surface area contributed by atoms with E-state index in [-0.39, 0.29) is 17.0 Å². The second-order valence-electron chi connectivity index (χ2n) is 5.39. The van der Waals surface area contributed by atoms with Gasteiger partial charge in [-0.15, -0.1) is 0 Å². The van der Waals surface area contributed by atoms with Crippen LogP contribution in [0.2, 0.25) is 0 Å². The van der Waals surface area contributed by atoms with Gasteiger partial charge < -0.3 is 5.32 Å². The van der Waals surface area contributed by atoms with E-state index < -0.39 is 11.6 Å². The van der Waals surface area contributed by atoms with E-state index in [9.17, 15) is 8.78 Å². The highest BCUT2D eigenvalue weighted by Crippen LogP contribution is 2.35. The van der Waals surface area contributed by atoms with Crippen molar-refractivity contribution in [3.05, 3.63) is 35.4 Å². The van der Waals surface area contributed by atoms with Crippen LogP contribution in [-0.2, 0) is 0 Å². The number of nitrogens with one attached hydrogen (secondary N) is 1. The molecule has 0 spiro atoms. The Hall–Kier alpha value is -0.960. The predicted molar refractivity (Wildman–Crippen MR) is 66.8 cm³/mol. The van der Waals surface area contributed by atoms with Crippen LogP contribution in [0.15, 0.2) is 18.2 Å². The SMILES string of the molecule is CCCNC(c1c(F)cccc1F)C(C)(C)C. The highest BCUT2D eigenvalue weighted by atomic mass is 19.1. The van der Waals surface area contributed by atoms with Gasteiger partial charge in [-0.2, -0.15) is 0 Å². The van der Waals surface area contributed by atoms with E-state index >= 15 is 0 Å². The summed E-state index contributed by atoms with van der Waals surface area (Å²) in [6.07, 6.45) is 0.933. The molecule has 0 radical (unpaired) electrons. The minimum atomic E-state index is -0.478. The molecule has 0 saturated carbocycles. The number of benzene rings is 1. The Bertz CT molecular complexity index is 349. The lowest BCUT2D eigenvalue weighted by Gasteiger charge is -2.32. The summed E-state index contributed by atoms with van der Waals surface area (Å²) >= 11 is 0. The van der Waals surface area contributed by atoms with Crippen molar-refractivity contribution >= 4 is 0 Å². The van der Waals surface area contributed by atoms with Gasteiger partial charge in [0, 0.05) is 11.6 Å². The summed E-state index contributed by atoms with van der Waals surface area (Å²) in [6, 6.07) is 3.70. The standard InChI is InChI=1S/C14H21F2N/c1-5-9-17-13(14(2,3)4)12-10(15)7-6-8-11(12)16/h6-8,13,17H,5,9H2,1-4H3.